The minimum absolute atomic E-state index is 0.116. The molecule has 0 unspecified atom stereocenters. The molecule has 82 valence electrons. The van der Waals surface area contributed by atoms with E-state index in [2.05, 4.69) is 12.2 Å². The van der Waals surface area contributed by atoms with Crippen LogP contribution in [0.4, 0.5) is 0 Å². The van der Waals surface area contributed by atoms with Gasteiger partial charge in [-0.15, -0.1) is 0 Å². The Morgan fingerprint density at radius 1 is 1.29 bits per heavy atom. The van der Waals surface area contributed by atoms with Gasteiger partial charge in [-0.05, 0) is 31.6 Å². The first-order chi connectivity index (χ1) is 6.62. The predicted molar refractivity (Wildman–Crippen MR) is 55.0 cm³/mol. The van der Waals surface area contributed by atoms with E-state index < -0.39 is 5.60 Å². The highest BCUT2D eigenvalue weighted by Crippen LogP contribution is 2.45. The van der Waals surface area contributed by atoms with E-state index in [-0.39, 0.29) is 12.0 Å². The molecule has 2 aliphatic rings. The lowest BCUT2D eigenvalue weighted by atomic mass is 9.61. The van der Waals surface area contributed by atoms with Crippen LogP contribution in [0.1, 0.15) is 32.6 Å². The third-order valence-electron chi connectivity index (χ3n) is 4.32. The fourth-order valence-electron chi connectivity index (χ4n) is 2.78. The van der Waals surface area contributed by atoms with Gasteiger partial charge in [0.1, 0.15) is 0 Å². The van der Waals surface area contributed by atoms with Gasteiger partial charge in [0.05, 0.1) is 12.2 Å². The highest BCUT2D eigenvalue weighted by Gasteiger charge is 2.54. The van der Waals surface area contributed by atoms with Crippen molar-refractivity contribution in [3.63, 3.8) is 0 Å². The van der Waals surface area contributed by atoms with Crippen LogP contribution in [0.15, 0.2) is 0 Å². The Morgan fingerprint density at radius 2 is 1.86 bits per heavy atom. The molecule has 0 radical (unpaired) electrons. The average molecular weight is 199 g/mol. The Balaban J connectivity index is 2.07. The summed E-state index contributed by atoms with van der Waals surface area (Å²) in [4.78, 5) is 0. The fourth-order valence-corrected chi connectivity index (χ4v) is 2.78. The Kier molecular flexibility index (Phi) is 2.58. The maximum absolute atomic E-state index is 10.6. The standard InChI is InChI=1S/C11H21NO2/c1-9-2-4-11(14,5-3-9)10(8-13)6-12-7-10/h9,12-14H,2-8H2,1H3. The number of aliphatic hydroxyl groups excluding tert-OH is 1. The van der Waals surface area contributed by atoms with Gasteiger partial charge < -0.3 is 15.5 Å². The van der Waals surface area contributed by atoms with Crippen molar-refractivity contribution < 1.29 is 10.2 Å². The molecule has 1 aliphatic carbocycles. The first-order valence-electron chi connectivity index (χ1n) is 5.66. The van der Waals surface area contributed by atoms with Gasteiger partial charge in [0.2, 0.25) is 0 Å². The van der Waals surface area contributed by atoms with Gasteiger partial charge in [-0.2, -0.15) is 0 Å². The summed E-state index contributed by atoms with van der Waals surface area (Å²) >= 11 is 0. The Hall–Kier alpha value is -0.120. The van der Waals surface area contributed by atoms with Crippen LogP contribution in [0.25, 0.3) is 0 Å². The van der Waals surface area contributed by atoms with Crippen molar-refractivity contribution in [1.82, 2.24) is 5.32 Å². The van der Waals surface area contributed by atoms with E-state index in [9.17, 15) is 10.2 Å². The van der Waals surface area contributed by atoms with E-state index in [4.69, 9.17) is 0 Å². The van der Waals surface area contributed by atoms with Gasteiger partial charge in [0.15, 0.2) is 0 Å². The van der Waals surface area contributed by atoms with E-state index in [1.54, 1.807) is 0 Å². The molecule has 2 fully saturated rings. The molecule has 1 saturated carbocycles. The number of hydrogen-bond donors (Lipinski definition) is 3. The second-order valence-corrected chi connectivity index (χ2v) is 5.26. The number of rotatable bonds is 2. The van der Waals surface area contributed by atoms with Crippen molar-refractivity contribution in [3.8, 4) is 0 Å². The zero-order chi connectivity index (χ0) is 10.2. The highest BCUT2D eigenvalue weighted by atomic mass is 16.3. The molecular weight excluding hydrogens is 178 g/mol. The minimum Gasteiger partial charge on any atom is -0.396 e. The molecule has 0 aromatic rings. The molecule has 3 N–H and O–H groups in total. The first-order valence-corrected chi connectivity index (χ1v) is 5.66. The molecule has 3 heteroatoms. The van der Waals surface area contributed by atoms with E-state index in [0.29, 0.717) is 0 Å². The van der Waals surface area contributed by atoms with Crippen LogP contribution in [0.3, 0.4) is 0 Å². The van der Waals surface area contributed by atoms with E-state index in [0.717, 1.165) is 44.7 Å². The third kappa shape index (κ3) is 1.38. The van der Waals surface area contributed by atoms with Crippen LogP contribution in [-0.4, -0.2) is 35.5 Å². The predicted octanol–water partition coefficient (Wildman–Crippen LogP) is 0.509. The monoisotopic (exact) mass is 199 g/mol. The van der Waals surface area contributed by atoms with Crippen molar-refractivity contribution in [2.24, 2.45) is 11.3 Å². The van der Waals surface area contributed by atoms with E-state index in [1.807, 2.05) is 0 Å². The quantitative estimate of drug-likeness (QED) is 0.607. The molecule has 0 amide bonds. The molecule has 0 aromatic carbocycles. The Bertz CT molecular complexity index is 200. The Labute approximate surface area is 85.5 Å². The molecule has 0 atom stereocenters. The van der Waals surface area contributed by atoms with Crippen LogP contribution in [-0.2, 0) is 0 Å². The number of hydrogen-bond acceptors (Lipinski definition) is 3. The first kappa shape index (κ1) is 10.4. The van der Waals surface area contributed by atoms with Gasteiger partial charge in [0.25, 0.3) is 0 Å². The lowest BCUT2D eigenvalue weighted by Gasteiger charge is -2.54. The SMILES string of the molecule is CC1CCC(O)(C2(CO)CNC2)CC1. The second kappa shape index (κ2) is 3.47. The van der Waals surface area contributed by atoms with Crippen LogP contribution in [0, 0.1) is 11.3 Å². The van der Waals surface area contributed by atoms with Crippen LogP contribution >= 0.6 is 0 Å². The molecular formula is C11H21NO2. The smallest absolute Gasteiger partial charge is 0.0750 e. The van der Waals surface area contributed by atoms with E-state index >= 15 is 0 Å². The molecule has 14 heavy (non-hydrogen) atoms. The summed E-state index contributed by atoms with van der Waals surface area (Å²) in [6.45, 7) is 3.90. The largest absolute Gasteiger partial charge is 0.396 e. The van der Waals surface area contributed by atoms with Crippen molar-refractivity contribution in [2.45, 2.75) is 38.2 Å². The van der Waals surface area contributed by atoms with Gasteiger partial charge in [-0.1, -0.05) is 6.92 Å². The Morgan fingerprint density at radius 3 is 2.21 bits per heavy atom. The average Bonchev–Trinajstić information content (AvgIpc) is 2.10. The second-order valence-electron chi connectivity index (χ2n) is 5.26. The molecule has 0 spiro atoms. The molecule has 0 aromatic heterocycles. The van der Waals surface area contributed by atoms with Gasteiger partial charge in [-0.25, -0.2) is 0 Å². The lowest BCUT2D eigenvalue weighted by Crippen LogP contribution is -2.68. The summed E-state index contributed by atoms with van der Waals surface area (Å²) in [5, 5.41) is 23.1. The zero-order valence-corrected chi connectivity index (χ0v) is 8.92. The summed E-state index contributed by atoms with van der Waals surface area (Å²) in [6, 6.07) is 0. The summed E-state index contributed by atoms with van der Waals surface area (Å²) < 4.78 is 0. The topological polar surface area (TPSA) is 52.5 Å². The van der Waals surface area contributed by atoms with E-state index in [1.165, 1.54) is 0 Å². The van der Waals surface area contributed by atoms with Crippen molar-refractivity contribution >= 4 is 0 Å². The van der Waals surface area contributed by atoms with Crippen LogP contribution in [0.2, 0.25) is 0 Å². The van der Waals surface area contributed by atoms with Crippen molar-refractivity contribution in [3.05, 3.63) is 0 Å². The molecule has 3 nitrogen and oxygen atoms in total. The zero-order valence-electron chi connectivity index (χ0n) is 8.92. The number of aliphatic hydroxyl groups is 2. The normalized spacial score (nSPS) is 41.8. The lowest BCUT2D eigenvalue weighted by molar-refractivity contribution is -0.157. The molecule has 1 aliphatic heterocycles. The summed E-state index contributed by atoms with van der Waals surface area (Å²) in [5.74, 6) is 0.735. The van der Waals surface area contributed by atoms with Crippen LogP contribution in [0.5, 0.6) is 0 Å². The fraction of sp³-hybridized carbons (Fsp3) is 1.00. The highest BCUT2D eigenvalue weighted by molar-refractivity contribution is 5.07. The molecule has 1 saturated heterocycles. The summed E-state index contributed by atoms with van der Waals surface area (Å²) in [5.41, 5.74) is -0.855. The summed E-state index contributed by atoms with van der Waals surface area (Å²) in [6.07, 6.45) is 3.91. The van der Waals surface area contributed by atoms with Gasteiger partial charge in [-0.3, -0.25) is 0 Å². The van der Waals surface area contributed by atoms with Crippen molar-refractivity contribution in [1.29, 1.82) is 0 Å². The molecule has 2 rings (SSSR count). The van der Waals surface area contributed by atoms with Crippen molar-refractivity contribution in [2.75, 3.05) is 19.7 Å². The molecule has 0 bridgehead atoms. The minimum atomic E-state index is -0.612. The van der Waals surface area contributed by atoms with Gasteiger partial charge in [0, 0.05) is 18.5 Å². The number of nitrogens with one attached hydrogen (secondary N) is 1. The molecule has 1 heterocycles. The third-order valence-corrected chi connectivity index (χ3v) is 4.32. The maximum Gasteiger partial charge on any atom is 0.0750 e. The summed E-state index contributed by atoms with van der Waals surface area (Å²) in [7, 11) is 0. The van der Waals surface area contributed by atoms with Crippen LogP contribution < -0.4 is 5.32 Å². The maximum atomic E-state index is 10.6. The van der Waals surface area contributed by atoms with Gasteiger partial charge >= 0.3 is 0 Å².